The van der Waals surface area contributed by atoms with Crippen LogP contribution in [-0.4, -0.2) is 29.2 Å². The average Bonchev–Trinajstić information content (AvgIpc) is 2.50. The Kier molecular flexibility index (Phi) is 4.32. The molecule has 1 N–H and O–H groups in total. The monoisotopic (exact) mass is 285 g/mol. The molecule has 0 saturated carbocycles. The van der Waals surface area contributed by atoms with Crippen LogP contribution in [0.5, 0.6) is 0 Å². The Bertz CT molecular complexity index is 587. The summed E-state index contributed by atoms with van der Waals surface area (Å²) in [6.07, 6.45) is 0.272. The third kappa shape index (κ3) is 3.31. The van der Waals surface area contributed by atoms with E-state index in [1.807, 2.05) is 24.3 Å². The molecule has 2 atom stereocenters. The van der Waals surface area contributed by atoms with E-state index in [1.165, 1.54) is 11.6 Å². The minimum absolute atomic E-state index is 0.0989. The Balaban J connectivity index is 1.66. The molecule has 0 radical (unpaired) electrons. The van der Waals surface area contributed by atoms with Gasteiger partial charge in [-0.05, 0) is 30.2 Å². The van der Waals surface area contributed by atoms with Gasteiger partial charge in [0.25, 0.3) is 0 Å². The molecule has 1 heterocycles. The number of nitrogens with zero attached hydrogens (tertiary/aromatic N) is 1. The van der Waals surface area contributed by atoms with Crippen molar-refractivity contribution in [1.29, 1.82) is 0 Å². The second-order valence-electron chi connectivity index (χ2n) is 5.70. The number of rotatable bonds is 3. The van der Waals surface area contributed by atoms with E-state index in [4.69, 9.17) is 0 Å². The first-order valence-corrected chi connectivity index (χ1v) is 7.43. The lowest BCUT2D eigenvalue weighted by molar-refractivity contribution is 0.0466. The smallest absolute Gasteiger partial charge is 0.126 e. The summed E-state index contributed by atoms with van der Waals surface area (Å²) in [6, 6.07) is 17.0. The minimum Gasteiger partial charge on any atom is -0.391 e. The number of piperidine rings is 1. The molecule has 0 aromatic heterocycles. The molecule has 1 saturated heterocycles. The molecule has 0 bridgehead atoms. The SMILES string of the molecule is O[C@H]1CN(Cc2ccccc2)CC[C@@H]1c1ccccc1F. The van der Waals surface area contributed by atoms with E-state index in [-0.39, 0.29) is 11.7 Å². The molecule has 1 fully saturated rings. The van der Waals surface area contributed by atoms with Crippen LogP contribution in [0, 0.1) is 5.82 Å². The molecule has 2 nitrogen and oxygen atoms in total. The van der Waals surface area contributed by atoms with Crippen molar-refractivity contribution in [3.05, 3.63) is 71.5 Å². The molecule has 21 heavy (non-hydrogen) atoms. The quantitative estimate of drug-likeness (QED) is 0.936. The summed E-state index contributed by atoms with van der Waals surface area (Å²) in [4.78, 5) is 2.23. The number of likely N-dealkylation sites (tertiary alicyclic amines) is 1. The van der Waals surface area contributed by atoms with Crippen molar-refractivity contribution in [1.82, 2.24) is 4.90 Å². The molecule has 3 rings (SSSR count). The Morgan fingerprint density at radius 1 is 1.05 bits per heavy atom. The predicted octanol–water partition coefficient (Wildman–Crippen LogP) is 3.18. The first-order chi connectivity index (χ1) is 10.2. The van der Waals surface area contributed by atoms with Crippen molar-refractivity contribution in [2.24, 2.45) is 0 Å². The van der Waals surface area contributed by atoms with E-state index in [2.05, 4.69) is 17.0 Å². The topological polar surface area (TPSA) is 23.5 Å². The van der Waals surface area contributed by atoms with Crippen molar-refractivity contribution in [2.75, 3.05) is 13.1 Å². The van der Waals surface area contributed by atoms with Gasteiger partial charge in [0.05, 0.1) is 6.10 Å². The van der Waals surface area contributed by atoms with E-state index in [0.717, 1.165) is 19.5 Å². The van der Waals surface area contributed by atoms with Crippen molar-refractivity contribution >= 4 is 0 Å². The number of halogens is 1. The molecule has 3 heteroatoms. The fourth-order valence-corrected chi connectivity index (χ4v) is 3.12. The molecule has 0 unspecified atom stereocenters. The second kappa shape index (κ2) is 6.37. The van der Waals surface area contributed by atoms with E-state index in [1.54, 1.807) is 12.1 Å². The Morgan fingerprint density at radius 2 is 1.76 bits per heavy atom. The lowest BCUT2D eigenvalue weighted by Crippen LogP contribution is -2.42. The maximum atomic E-state index is 13.9. The normalized spacial score (nSPS) is 23.1. The molecular formula is C18H20FNO. The first-order valence-electron chi connectivity index (χ1n) is 7.43. The number of aliphatic hydroxyl groups is 1. The molecule has 0 spiro atoms. The van der Waals surface area contributed by atoms with Gasteiger partial charge in [-0.2, -0.15) is 0 Å². The molecule has 1 aliphatic heterocycles. The highest BCUT2D eigenvalue weighted by atomic mass is 19.1. The van der Waals surface area contributed by atoms with Crippen LogP contribution in [0.25, 0.3) is 0 Å². The van der Waals surface area contributed by atoms with Crippen LogP contribution >= 0.6 is 0 Å². The molecule has 2 aromatic carbocycles. The van der Waals surface area contributed by atoms with Gasteiger partial charge in [0.2, 0.25) is 0 Å². The number of hydrogen-bond acceptors (Lipinski definition) is 2. The molecule has 110 valence electrons. The number of aliphatic hydroxyl groups excluding tert-OH is 1. The third-order valence-corrected chi connectivity index (χ3v) is 4.22. The lowest BCUT2D eigenvalue weighted by Gasteiger charge is -2.36. The van der Waals surface area contributed by atoms with Gasteiger partial charge in [-0.25, -0.2) is 4.39 Å². The van der Waals surface area contributed by atoms with Crippen LogP contribution in [0.1, 0.15) is 23.5 Å². The van der Waals surface area contributed by atoms with Gasteiger partial charge in [0.15, 0.2) is 0 Å². The molecule has 2 aromatic rings. The van der Waals surface area contributed by atoms with Gasteiger partial charge in [-0.15, -0.1) is 0 Å². The fraction of sp³-hybridized carbons (Fsp3) is 0.333. The van der Waals surface area contributed by atoms with Crippen LogP contribution in [0.4, 0.5) is 4.39 Å². The van der Waals surface area contributed by atoms with Gasteiger partial charge in [0.1, 0.15) is 5.82 Å². The molecule has 1 aliphatic rings. The highest BCUT2D eigenvalue weighted by molar-refractivity contribution is 5.24. The summed E-state index contributed by atoms with van der Waals surface area (Å²) in [6.45, 7) is 2.31. The van der Waals surface area contributed by atoms with Crippen LogP contribution in [0.3, 0.4) is 0 Å². The standard InChI is InChI=1S/C18H20FNO/c19-17-9-5-4-8-15(17)16-10-11-20(13-18(16)21)12-14-6-2-1-3-7-14/h1-9,16,18,21H,10-13H2/t16-,18+/m1/s1. The number of benzene rings is 2. The van der Waals surface area contributed by atoms with E-state index in [0.29, 0.717) is 12.1 Å². The van der Waals surface area contributed by atoms with Crippen molar-refractivity contribution in [3.63, 3.8) is 0 Å². The maximum Gasteiger partial charge on any atom is 0.126 e. The summed E-state index contributed by atoms with van der Waals surface area (Å²) in [5, 5.41) is 10.4. The lowest BCUT2D eigenvalue weighted by atomic mass is 9.86. The average molecular weight is 285 g/mol. The van der Waals surface area contributed by atoms with Gasteiger partial charge >= 0.3 is 0 Å². The van der Waals surface area contributed by atoms with Crippen LogP contribution < -0.4 is 0 Å². The summed E-state index contributed by atoms with van der Waals surface area (Å²) in [7, 11) is 0. The zero-order valence-corrected chi connectivity index (χ0v) is 12.0. The van der Waals surface area contributed by atoms with E-state index in [9.17, 15) is 9.50 Å². The zero-order chi connectivity index (χ0) is 14.7. The highest BCUT2D eigenvalue weighted by Crippen LogP contribution is 2.30. The van der Waals surface area contributed by atoms with Crippen molar-refractivity contribution in [3.8, 4) is 0 Å². The van der Waals surface area contributed by atoms with Crippen molar-refractivity contribution < 1.29 is 9.50 Å². The fourth-order valence-electron chi connectivity index (χ4n) is 3.12. The van der Waals surface area contributed by atoms with Gasteiger partial charge in [-0.3, -0.25) is 4.90 Å². The van der Waals surface area contributed by atoms with Crippen LogP contribution in [-0.2, 0) is 6.54 Å². The summed E-state index contributed by atoms with van der Waals surface area (Å²) >= 11 is 0. The van der Waals surface area contributed by atoms with Gasteiger partial charge in [0, 0.05) is 19.0 Å². The van der Waals surface area contributed by atoms with Crippen LogP contribution in [0.2, 0.25) is 0 Å². The van der Waals surface area contributed by atoms with Gasteiger partial charge in [-0.1, -0.05) is 48.5 Å². The second-order valence-corrected chi connectivity index (χ2v) is 5.70. The molecule has 0 amide bonds. The Hall–Kier alpha value is -1.71. The summed E-state index contributed by atoms with van der Waals surface area (Å²) in [5.41, 5.74) is 1.89. The minimum atomic E-state index is -0.514. The Morgan fingerprint density at radius 3 is 2.48 bits per heavy atom. The van der Waals surface area contributed by atoms with E-state index >= 15 is 0 Å². The predicted molar refractivity (Wildman–Crippen MR) is 81.5 cm³/mol. The zero-order valence-electron chi connectivity index (χ0n) is 12.0. The molecule has 0 aliphatic carbocycles. The molecular weight excluding hydrogens is 265 g/mol. The third-order valence-electron chi connectivity index (χ3n) is 4.22. The highest BCUT2D eigenvalue weighted by Gasteiger charge is 2.30. The number of β-amino-alcohol motifs (C(OH)–C–C–N with tert-alkyl or cyclic N) is 1. The van der Waals surface area contributed by atoms with Crippen molar-refractivity contribution in [2.45, 2.75) is 25.0 Å². The maximum absolute atomic E-state index is 13.9. The largest absolute Gasteiger partial charge is 0.391 e. The summed E-state index contributed by atoms with van der Waals surface area (Å²) in [5.74, 6) is -0.309. The first kappa shape index (κ1) is 14.2. The van der Waals surface area contributed by atoms with E-state index < -0.39 is 6.10 Å². The Labute approximate surface area is 124 Å². The number of hydrogen-bond donors (Lipinski definition) is 1. The van der Waals surface area contributed by atoms with Crippen LogP contribution in [0.15, 0.2) is 54.6 Å². The summed E-state index contributed by atoms with van der Waals surface area (Å²) < 4.78 is 13.9. The van der Waals surface area contributed by atoms with Gasteiger partial charge < -0.3 is 5.11 Å².